The van der Waals surface area contributed by atoms with Crippen LogP contribution < -0.4 is 4.74 Å². The number of halogens is 3. The smallest absolute Gasteiger partial charge is 0.387 e. The molecule has 1 atom stereocenters. The quantitative estimate of drug-likeness (QED) is 0.645. The number of benzene rings is 2. The van der Waals surface area contributed by atoms with Gasteiger partial charge >= 0.3 is 12.6 Å². The zero-order valence-corrected chi connectivity index (χ0v) is 17.0. The molecule has 2 aromatic rings. The fraction of sp³-hybridized carbons (Fsp3) is 0.333. The third-order valence-corrected chi connectivity index (χ3v) is 5.27. The van der Waals surface area contributed by atoms with Crippen molar-refractivity contribution in [3.63, 3.8) is 0 Å². The van der Waals surface area contributed by atoms with Crippen LogP contribution in [0.3, 0.4) is 0 Å². The van der Waals surface area contributed by atoms with E-state index in [9.17, 15) is 18.4 Å². The van der Waals surface area contributed by atoms with Gasteiger partial charge in [-0.2, -0.15) is 8.78 Å². The van der Waals surface area contributed by atoms with Crippen molar-refractivity contribution in [3.05, 3.63) is 64.7 Å². The highest BCUT2D eigenvalue weighted by Gasteiger charge is 2.34. The molecule has 2 aromatic carbocycles. The minimum Gasteiger partial charge on any atom is -0.468 e. The van der Waals surface area contributed by atoms with Crippen LogP contribution in [0.5, 0.6) is 5.75 Å². The standard InChI is InChI=1S/C21H21ClF2N2O4/c1-29-20(28)18(14-6-2-4-8-16(14)22)25-10-12-26(13-11-25)19(27)15-7-3-5-9-17(15)30-21(23)24/h2-9,18,21H,10-13H2,1H3. The molecule has 0 aromatic heterocycles. The van der Waals surface area contributed by atoms with Gasteiger partial charge in [0.25, 0.3) is 5.91 Å². The molecule has 1 fully saturated rings. The molecule has 3 rings (SSSR count). The van der Waals surface area contributed by atoms with Crippen molar-refractivity contribution in [1.82, 2.24) is 9.80 Å². The molecule has 1 unspecified atom stereocenters. The van der Waals surface area contributed by atoms with Gasteiger partial charge in [0.15, 0.2) is 0 Å². The first-order chi connectivity index (χ1) is 14.4. The minimum atomic E-state index is -3.02. The number of nitrogens with zero attached hydrogens (tertiary/aromatic N) is 2. The predicted molar refractivity (Wildman–Crippen MR) is 107 cm³/mol. The molecule has 1 heterocycles. The highest BCUT2D eigenvalue weighted by atomic mass is 35.5. The number of piperazine rings is 1. The Morgan fingerprint density at radius 3 is 2.27 bits per heavy atom. The normalized spacial score (nSPS) is 15.7. The van der Waals surface area contributed by atoms with Gasteiger partial charge in [-0.25, -0.2) is 4.79 Å². The molecule has 1 amide bonds. The van der Waals surface area contributed by atoms with E-state index in [1.807, 2.05) is 4.90 Å². The summed E-state index contributed by atoms with van der Waals surface area (Å²) in [6.45, 7) is -1.64. The van der Waals surface area contributed by atoms with Gasteiger partial charge in [0.1, 0.15) is 11.8 Å². The van der Waals surface area contributed by atoms with Crippen LogP contribution in [0, 0.1) is 0 Å². The molecular weight excluding hydrogens is 418 g/mol. The van der Waals surface area contributed by atoms with Crippen LogP contribution in [0.2, 0.25) is 5.02 Å². The van der Waals surface area contributed by atoms with E-state index in [1.165, 1.54) is 25.3 Å². The van der Waals surface area contributed by atoms with E-state index in [2.05, 4.69) is 4.74 Å². The SMILES string of the molecule is COC(=O)C(c1ccccc1Cl)N1CCN(C(=O)c2ccccc2OC(F)F)CC1. The monoisotopic (exact) mass is 438 g/mol. The average Bonchev–Trinajstić information content (AvgIpc) is 2.75. The lowest BCUT2D eigenvalue weighted by Crippen LogP contribution is -2.51. The summed E-state index contributed by atoms with van der Waals surface area (Å²) in [6, 6.07) is 12.2. The Bertz CT molecular complexity index is 904. The molecule has 160 valence electrons. The molecule has 30 heavy (non-hydrogen) atoms. The number of alkyl halides is 2. The fourth-order valence-electron chi connectivity index (χ4n) is 3.48. The Kier molecular flexibility index (Phi) is 7.23. The Morgan fingerprint density at radius 2 is 1.63 bits per heavy atom. The number of rotatable bonds is 6. The van der Waals surface area contributed by atoms with Gasteiger partial charge in [0.2, 0.25) is 0 Å². The molecule has 6 nitrogen and oxygen atoms in total. The molecule has 1 aliphatic rings. The van der Waals surface area contributed by atoms with Crippen LogP contribution in [0.1, 0.15) is 22.0 Å². The van der Waals surface area contributed by atoms with E-state index in [-0.39, 0.29) is 11.3 Å². The van der Waals surface area contributed by atoms with E-state index in [4.69, 9.17) is 16.3 Å². The molecule has 0 aliphatic carbocycles. The van der Waals surface area contributed by atoms with Crippen molar-refractivity contribution in [2.45, 2.75) is 12.7 Å². The predicted octanol–water partition coefficient (Wildman–Crippen LogP) is 3.61. The highest BCUT2D eigenvalue weighted by Crippen LogP contribution is 2.30. The lowest BCUT2D eigenvalue weighted by Gasteiger charge is -2.38. The lowest BCUT2D eigenvalue weighted by molar-refractivity contribution is -0.148. The maximum Gasteiger partial charge on any atom is 0.387 e. The van der Waals surface area contributed by atoms with Crippen LogP contribution in [0.4, 0.5) is 8.78 Å². The second kappa shape index (κ2) is 9.86. The number of hydrogen-bond donors (Lipinski definition) is 0. The molecule has 0 N–H and O–H groups in total. The maximum absolute atomic E-state index is 12.9. The zero-order valence-electron chi connectivity index (χ0n) is 16.3. The fourth-order valence-corrected chi connectivity index (χ4v) is 3.72. The van der Waals surface area contributed by atoms with E-state index >= 15 is 0 Å². The summed E-state index contributed by atoms with van der Waals surface area (Å²) >= 11 is 6.28. The molecular formula is C21H21ClF2N2O4. The number of esters is 1. The van der Waals surface area contributed by atoms with Gasteiger partial charge < -0.3 is 14.4 Å². The van der Waals surface area contributed by atoms with Gasteiger partial charge in [-0.1, -0.05) is 41.9 Å². The summed E-state index contributed by atoms with van der Waals surface area (Å²) in [5.41, 5.74) is 0.698. The van der Waals surface area contributed by atoms with Crippen molar-refractivity contribution in [2.75, 3.05) is 33.3 Å². The summed E-state index contributed by atoms with van der Waals surface area (Å²) in [6.07, 6.45) is 0. The Labute approximate surface area is 177 Å². The molecule has 0 bridgehead atoms. The Morgan fingerprint density at radius 1 is 1.00 bits per heavy atom. The minimum absolute atomic E-state index is 0.0712. The van der Waals surface area contributed by atoms with Crippen molar-refractivity contribution < 1.29 is 27.8 Å². The number of carbonyl (C=O) groups is 2. The van der Waals surface area contributed by atoms with Crippen molar-refractivity contribution in [1.29, 1.82) is 0 Å². The maximum atomic E-state index is 12.9. The van der Waals surface area contributed by atoms with Crippen molar-refractivity contribution in [2.24, 2.45) is 0 Å². The summed E-state index contributed by atoms with van der Waals surface area (Å²) in [4.78, 5) is 28.8. The summed E-state index contributed by atoms with van der Waals surface area (Å²) < 4.78 is 34.7. The van der Waals surface area contributed by atoms with Gasteiger partial charge in [-0.3, -0.25) is 9.69 Å². The largest absolute Gasteiger partial charge is 0.468 e. The topological polar surface area (TPSA) is 59.1 Å². The van der Waals surface area contributed by atoms with Crippen molar-refractivity contribution >= 4 is 23.5 Å². The van der Waals surface area contributed by atoms with Crippen LogP contribution in [0.25, 0.3) is 0 Å². The average molecular weight is 439 g/mol. The van der Waals surface area contributed by atoms with Crippen LogP contribution in [0.15, 0.2) is 48.5 Å². The number of amides is 1. The number of para-hydroxylation sites is 1. The van der Waals surface area contributed by atoms with Crippen LogP contribution in [-0.2, 0) is 9.53 Å². The second-order valence-corrected chi connectivity index (χ2v) is 7.06. The molecule has 0 spiro atoms. The number of carbonyl (C=O) groups excluding carboxylic acids is 2. The van der Waals surface area contributed by atoms with Crippen molar-refractivity contribution in [3.8, 4) is 5.75 Å². The number of ether oxygens (including phenoxy) is 2. The second-order valence-electron chi connectivity index (χ2n) is 6.65. The van der Waals surface area contributed by atoms with Crippen LogP contribution >= 0.6 is 11.6 Å². The van der Waals surface area contributed by atoms with E-state index in [0.29, 0.717) is 36.8 Å². The van der Waals surface area contributed by atoms with E-state index in [1.54, 1.807) is 35.2 Å². The summed E-state index contributed by atoms with van der Waals surface area (Å²) in [5, 5.41) is 0.449. The van der Waals surface area contributed by atoms with Gasteiger partial charge in [-0.05, 0) is 23.8 Å². The zero-order chi connectivity index (χ0) is 21.7. The first kappa shape index (κ1) is 22.0. The third-order valence-electron chi connectivity index (χ3n) is 4.92. The van der Waals surface area contributed by atoms with E-state index in [0.717, 1.165) is 0 Å². The summed E-state index contributed by atoms with van der Waals surface area (Å²) in [7, 11) is 1.31. The Balaban J connectivity index is 1.74. The number of hydrogen-bond acceptors (Lipinski definition) is 5. The van der Waals surface area contributed by atoms with Gasteiger partial charge in [0.05, 0.1) is 12.7 Å². The number of methoxy groups -OCH3 is 1. The molecule has 9 heteroatoms. The third kappa shape index (κ3) is 4.88. The summed E-state index contributed by atoms with van der Waals surface area (Å²) in [5.74, 6) is -1.01. The van der Waals surface area contributed by atoms with Gasteiger partial charge in [0, 0.05) is 31.2 Å². The van der Waals surface area contributed by atoms with E-state index < -0.39 is 24.5 Å². The molecule has 1 aliphatic heterocycles. The lowest BCUT2D eigenvalue weighted by atomic mass is 10.0. The molecule has 0 radical (unpaired) electrons. The highest BCUT2D eigenvalue weighted by molar-refractivity contribution is 6.31. The van der Waals surface area contributed by atoms with Gasteiger partial charge in [-0.15, -0.1) is 0 Å². The first-order valence-electron chi connectivity index (χ1n) is 9.31. The first-order valence-corrected chi connectivity index (χ1v) is 9.69. The molecule has 0 saturated carbocycles. The van der Waals surface area contributed by atoms with Crippen LogP contribution in [-0.4, -0.2) is 61.6 Å². The molecule has 1 saturated heterocycles. The Hall–Kier alpha value is -2.71.